The van der Waals surface area contributed by atoms with Gasteiger partial charge in [-0.1, -0.05) is 84.9 Å². The zero-order chi connectivity index (χ0) is 24.0. The molecule has 7 heteroatoms. The van der Waals surface area contributed by atoms with Crippen LogP contribution in [0.3, 0.4) is 0 Å². The Hall–Kier alpha value is -3.71. The SMILES string of the molecule is O=C1c2cccc3cccc(c23)C(=O)N1CCCCCc1nnc(SC/C=C/c2ccccc2)o1. The van der Waals surface area contributed by atoms with Gasteiger partial charge in [-0.2, -0.15) is 0 Å². The number of hydrogen-bond donors (Lipinski definition) is 0. The Kier molecular flexibility index (Phi) is 7.04. The van der Waals surface area contributed by atoms with E-state index in [0.29, 0.717) is 35.2 Å². The van der Waals surface area contributed by atoms with Gasteiger partial charge in [0.1, 0.15) is 0 Å². The Morgan fingerprint density at radius 1 is 0.829 bits per heavy atom. The summed E-state index contributed by atoms with van der Waals surface area (Å²) in [5, 5.41) is 10.5. The van der Waals surface area contributed by atoms with Gasteiger partial charge in [0.15, 0.2) is 0 Å². The summed E-state index contributed by atoms with van der Waals surface area (Å²) >= 11 is 1.51. The number of thioether (sulfide) groups is 1. The van der Waals surface area contributed by atoms with Crippen LogP contribution in [-0.4, -0.2) is 39.2 Å². The van der Waals surface area contributed by atoms with E-state index >= 15 is 0 Å². The molecule has 0 spiro atoms. The zero-order valence-electron chi connectivity index (χ0n) is 19.2. The first-order valence-corrected chi connectivity index (χ1v) is 12.7. The van der Waals surface area contributed by atoms with Crippen LogP contribution in [0.5, 0.6) is 0 Å². The minimum Gasteiger partial charge on any atom is -0.416 e. The molecule has 4 aromatic rings. The second kappa shape index (κ2) is 10.7. The lowest BCUT2D eigenvalue weighted by Gasteiger charge is -2.27. The van der Waals surface area contributed by atoms with Gasteiger partial charge >= 0.3 is 0 Å². The summed E-state index contributed by atoms with van der Waals surface area (Å²) in [6, 6.07) is 21.3. The Balaban J connectivity index is 1.07. The monoisotopic (exact) mass is 483 g/mol. The van der Waals surface area contributed by atoms with Crippen LogP contribution in [-0.2, 0) is 6.42 Å². The van der Waals surface area contributed by atoms with E-state index in [4.69, 9.17) is 4.42 Å². The Morgan fingerprint density at radius 2 is 1.57 bits per heavy atom. The molecule has 35 heavy (non-hydrogen) atoms. The lowest BCUT2D eigenvalue weighted by Crippen LogP contribution is -2.40. The van der Waals surface area contributed by atoms with Crippen LogP contribution in [0.1, 0.15) is 51.4 Å². The molecule has 3 aromatic carbocycles. The van der Waals surface area contributed by atoms with E-state index in [1.165, 1.54) is 16.7 Å². The molecule has 5 rings (SSSR count). The third kappa shape index (κ3) is 5.20. The molecule has 1 aromatic heterocycles. The number of benzene rings is 3. The fourth-order valence-corrected chi connectivity index (χ4v) is 4.86. The normalized spacial score (nSPS) is 13.3. The van der Waals surface area contributed by atoms with Crippen LogP contribution in [0.4, 0.5) is 0 Å². The molecule has 176 valence electrons. The molecule has 0 aliphatic carbocycles. The van der Waals surface area contributed by atoms with E-state index in [9.17, 15) is 9.59 Å². The number of aryl methyl sites for hydroxylation is 1. The largest absolute Gasteiger partial charge is 0.416 e. The van der Waals surface area contributed by atoms with E-state index in [2.05, 4.69) is 34.5 Å². The number of amides is 2. The summed E-state index contributed by atoms with van der Waals surface area (Å²) in [6.07, 6.45) is 7.26. The number of aromatic nitrogens is 2. The average molecular weight is 484 g/mol. The zero-order valence-corrected chi connectivity index (χ0v) is 20.0. The first-order chi connectivity index (χ1) is 17.2. The van der Waals surface area contributed by atoms with Crippen molar-refractivity contribution in [2.75, 3.05) is 12.3 Å². The molecule has 1 aliphatic heterocycles. The van der Waals surface area contributed by atoms with E-state index in [-0.39, 0.29) is 11.8 Å². The van der Waals surface area contributed by atoms with Crippen molar-refractivity contribution in [3.8, 4) is 0 Å². The van der Waals surface area contributed by atoms with Gasteiger partial charge in [-0.3, -0.25) is 14.5 Å². The Morgan fingerprint density at radius 3 is 2.31 bits per heavy atom. The number of carbonyl (C=O) groups excluding carboxylic acids is 2. The standard InChI is InChI=1S/C28H25N3O3S/c32-26-22-15-7-13-21-14-8-16-23(25(21)22)27(33)31(26)18-6-2-5-17-24-29-30-28(34-24)35-19-9-12-20-10-3-1-4-11-20/h1,3-4,7-16H,2,5-6,17-19H2/b12-9+. The molecule has 0 fully saturated rings. The van der Waals surface area contributed by atoms with Crippen LogP contribution in [0.15, 0.2) is 82.4 Å². The number of imide groups is 1. The van der Waals surface area contributed by atoms with Crippen molar-refractivity contribution >= 4 is 40.4 Å². The number of nitrogens with zero attached hydrogens (tertiary/aromatic N) is 3. The molecular weight excluding hydrogens is 458 g/mol. The number of rotatable bonds is 10. The number of hydrogen-bond acceptors (Lipinski definition) is 6. The first kappa shape index (κ1) is 23.1. The maximum absolute atomic E-state index is 13.0. The highest BCUT2D eigenvalue weighted by Gasteiger charge is 2.31. The van der Waals surface area contributed by atoms with Crippen molar-refractivity contribution in [3.05, 3.63) is 95.4 Å². The quantitative estimate of drug-likeness (QED) is 0.156. The predicted molar refractivity (Wildman–Crippen MR) is 137 cm³/mol. The molecule has 0 N–H and O–H groups in total. The molecule has 6 nitrogen and oxygen atoms in total. The smallest absolute Gasteiger partial charge is 0.276 e. The summed E-state index contributed by atoms with van der Waals surface area (Å²) in [4.78, 5) is 27.3. The predicted octanol–water partition coefficient (Wildman–Crippen LogP) is 6.04. The van der Waals surface area contributed by atoms with E-state index in [1.54, 1.807) is 12.1 Å². The molecule has 2 heterocycles. The highest BCUT2D eigenvalue weighted by atomic mass is 32.2. The fourth-order valence-electron chi connectivity index (χ4n) is 4.27. The molecule has 0 bridgehead atoms. The van der Waals surface area contributed by atoms with Gasteiger partial charge in [-0.15, -0.1) is 10.2 Å². The lowest BCUT2D eigenvalue weighted by atomic mass is 9.94. The summed E-state index contributed by atoms with van der Waals surface area (Å²) in [5.41, 5.74) is 2.37. The third-order valence-electron chi connectivity index (χ3n) is 5.99. The minimum atomic E-state index is -0.209. The van der Waals surface area contributed by atoms with Gasteiger partial charge < -0.3 is 4.42 Å². The van der Waals surface area contributed by atoms with Gasteiger partial charge in [0, 0.05) is 35.2 Å². The van der Waals surface area contributed by atoms with Crippen LogP contribution in [0.25, 0.3) is 16.8 Å². The molecule has 1 aliphatic rings. The number of carbonyl (C=O) groups is 2. The summed E-state index contributed by atoms with van der Waals surface area (Å²) in [5.74, 6) is 0.953. The van der Waals surface area contributed by atoms with E-state index in [1.807, 2.05) is 42.5 Å². The van der Waals surface area contributed by atoms with Gasteiger partial charge in [-0.05, 0) is 35.9 Å². The summed E-state index contributed by atoms with van der Waals surface area (Å²) in [7, 11) is 0. The van der Waals surface area contributed by atoms with E-state index < -0.39 is 0 Å². The first-order valence-electron chi connectivity index (χ1n) is 11.8. The van der Waals surface area contributed by atoms with Crippen molar-refractivity contribution < 1.29 is 14.0 Å². The van der Waals surface area contributed by atoms with Gasteiger partial charge in [0.05, 0.1) is 0 Å². The molecule has 2 amide bonds. The summed E-state index contributed by atoms with van der Waals surface area (Å²) < 4.78 is 5.73. The van der Waals surface area contributed by atoms with Crippen LogP contribution >= 0.6 is 11.8 Å². The van der Waals surface area contributed by atoms with Gasteiger partial charge in [0.2, 0.25) is 5.89 Å². The van der Waals surface area contributed by atoms with Crippen molar-refractivity contribution in [2.45, 2.75) is 30.9 Å². The molecule has 0 unspecified atom stereocenters. The van der Waals surface area contributed by atoms with Crippen molar-refractivity contribution in [2.24, 2.45) is 0 Å². The highest BCUT2D eigenvalue weighted by Crippen LogP contribution is 2.30. The second-order valence-electron chi connectivity index (χ2n) is 8.37. The van der Waals surface area contributed by atoms with Crippen molar-refractivity contribution in [3.63, 3.8) is 0 Å². The van der Waals surface area contributed by atoms with Gasteiger partial charge in [0.25, 0.3) is 17.0 Å². The molecular formula is C28H25N3O3S. The lowest BCUT2D eigenvalue weighted by molar-refractivity contribution is 0.0607. The highest BCUT2D eigenvalue weighted by molar-refractivity contribution is 7.99. The van der Waals surface area contributed by atoms with Gasteiger partial charge in [-0.25, -0.2) is 0 Å². The minimum absolute atomic E-state index is 0.209. The molecule has 0 saturated carbocycles. The second-order valence-corrected chi connectivity index (χ2v) is 9.34. The summed E-state index contributed by atoms with van der Waals surface area (Å²) in [6.45, 7) is 0.404. The Bertz CT molecular complexity index is 1330. The maximum Gasteiger partial charge on any atom is 0.276 e. The van der Waals surface area contributed by atoms with E-state index in [0.717, 1.165) is 41.4 Å². The Labute approximate surface area is 208 Å². The topological polar surface area (TPSA) is 76.3 Å². The maximum atomic E-state index is 13.0. The third-order valence-corrected chi connectivity index (χ3v) is 6.76. The van der Waals surface area contributed by atoms with Crippen molar-refractivity contribution in [1.29, 1.82) is 0 Å². The average Bonchev–Trinajstić information content (AvgIpc) is 3.35. The van der Waals surface area contributed by atoms with Crippen LogP contribution in [0.2, 0.25) is 0 Å². The van der Waals surface area contributed by atoms with Crippen molar-refractivity contribution in [1.82, 2.24) is 15.1 Å². The molecule has 0 atom stereocenters. The van der Waals surface area contributed by atoms with Crippen LogP contribution in [0, 0.1) is 0 Å². The number of unbranched alkanes of at least 4 members (excludes halogenated alkanes) is 2. The molecule has 0 saturated heterocycles. The fraction of sp³-hybridized carbons (Fsp3) is 0.214. The molecule has 0 radical (unpaired) electrons. The van der Waals surface area contributed by atoms with Crippen LogP contribution < -0.4 is 0 Å².